The number of ketones is 1. The zero-order chi connectivity index (χ0) is 14.0. The van der Waals surface area contributed by atoms with Crippen molar-refractivity contribution in [2.24, 2.45) is 0 Å². The molecule has 0 radical (unpaired) electrons. The van der Waals surface area contributed by atoms with E-state index in [1.807, 2.05) is 43.1 Å². The van der Waals surface area contributed by atoms with Crippen molar-refractivity contribution in [1.29, 1.82) is 0 Å². The van der Waals surface area contributed by atoms with Gasteiger partial charge in [0.1, 0.15) is 5.82 Å². The van der Waals surface area contributed by atoms with Crippen LogP contribution in [0.2, 0.25) is 0 Å². The van der Waals surface area contributed by atoms with Crippen molar-refractivity contribution < 1.29 is 9.18 Å². The first kappa shape index (κ1) is 13.3. The molecular weight excluding hydrogens is 241 g/mol. The third-order valence-corrected chi connectivity index (χ3v) is 3.12. The summed E-state index contributed by atoms with van der Waals surface area (Å²) in [7, 11) is 1.87. The predicted molar refractivity (Wildman–Crippen MR) is 75.6 cm³/mol. The molecule has 0 atom stereocenters. The van der Waals surface area contributed by atoms with Gasteiger partial charge in [0, 0.05) is 18.3 Å². The van der Waals surface area contributed by atoms with Crippen molar-refractivity contribution in [3.63, 3.8) is 0 Å². The molecule has 0 aliphatic carbocycles. The van der Waals surface area contributed by atoms with E-state index in [4.69, 9.17) is 0 Å². The van der Waals surface area contributed by atoms with Crippen molar-refractivity contribution in [3.05, 3.63) is 59.4 Å². The molecule has 0 saturated heterocycles. The molecule has 98 valence electrons. The summed E-state index contributed by atoms with van der Waals surface area (Å²) >= 11 is 0. The molecule has 3 heteroatoms. The van der Waals surface area contributed by atoms with Gasteiger partial charge in [-0.3, -0.25) is 4.79 Å². The summed E-state index contributed by atoms with van der Waals surface area (Å²) < 4.78 is 13.3. The number of hydrogen-bond acceptors (Lipinski definition) is 2. The van der Waals surface area contributed by atoms with E-state index in [2.05, 4.69) is 0 Å². The maximum atomic E-state index is 13.3. The van der Waals surface area contributed by atoms with Gasteiger partial charge in [-0.15, -0.1) is 0 Å². The van der Waals surface area contributed by atoms with Crippen molar-refractivity contribution in [2.45, 2.75) is 13.8 Å². The Kier molecular flexibility index (Phi) is 3.65. The Balaban J connectivity index is 2.46. The standard InChI is InChI=1S/C16H16FNO/c1-11-4-7-14(8-5-11)18(3)16-9-6-13(17)10-15(16)12(2)19/h4-10H,1-3H3. The van der Waals surface area contributed by atoms with Gasteiger partial charge in [-0.05, 0) is 44.2 Å². The summed E-state index contributed by atoms with van der Waals surface area (Å²) in [6.45, 7) is 3.46. The molecule has 0 aliphatic heterocycles. The maximum Gasteiger partial charge on any atom is 0.162 e. The molecule has 0 N–H and O–H groups in total. The van der Waals surface area contributed by atoms with Crippen LogP contribution in [-0.4, -0.2) is 12.8 Å². The molecule has 0 spiro atoms. The van der Waals surface area contributed by atoms with Gasteiger partial charge in [-0.25, -0.2) is 4.39 Å². The van der Waals surface area contributed by atoms with Crippen LogP contribution in [-0.2, 0) is 0 Å². The Labute approximate surface area is 112 Å². The Morgan fingerprint density at radius 3 is 2.32 bits per heavy atom. The van der Waals surface area contributed by atoms with Crippen LogP contribution >= 0.6 is 0 Å². The summed E-state index contributed by atoms with van der Waals surface area (Å²) in [6.07, 6.45) is 0. The minimum absolute atomic E-state index is 0.145. The minimum Gasteiger partial charge on any atom is -0.344 e. The maximum absolute atomic E-state index is 13.3. The van der Waals surface area contributed by atoms with Crippen molar-refractivity contribution in [3.8, 4) is 0 Å². The highest BCUT2D eigenvalue weighted by molar-refractivity contribution is 6.00. The second-order valence-corrected chi connectivity index (χ2v) is 4.61. The zero-order valence-corrected chi connectivity index (χ0v) is 11.3. The largest absolute Gasteiger partial charge is 0.344 e. The number of nitrogens with zero attached hydrogens (tertiary/aromatic N) is 1. The number of halogens is 1. The van der Waals surface area contributed by atoms with Gasteiger partial charge in [0.2, 0.25) is 0 Å². The van der Waals surface area contributed by atoms with E-state index in [9.17, 15) is 9.18 Å². The molecule has 2 aromatic carbocycles. The Morgan fingerprint density at radius 1 is 1.11 bits per heavy atom. The Hall–Kier alpha value is -2.16. The molecule has 0 unspecified atom stereocenters. The lowest BCUT2D eigenvalue weighted by atomic mass is 10.1. The number of carbonyl (C=O) groups is 1. The molecule has 2 aromatic rings. The Morgan fingerprint density at radius 2 is 1.74 bits per heavy atom. The van der Waals surface area contributed by atoms with Crippen molar-refractivity contribution in [1.82, 2.24) is 0 Å². The minimum atomic E-state index is -0.397. The molecule has 0 aromatic heterocycles. The second kappa shape index (κ2) is 5.22. The number of Topliss-reactive ketones (excluding diaryl/α,β-unsaturated/α-hetero) is 1. The summed E-state index contributed by atoms with van der Waals surface area (Å²) in [4.78, 5) is 13.5. The number of anilines is 2. The first-order valence-corrected chi connectivity index (χ1v) is 6.10. The predicted octanol–water partition coefficient (Wildman–Crippen LogP) is 4.10. The number of benzene rings is 2. The van der Waals surface area contributed by atoms with Crippen LogP contribution < -0.4 is 4.90 Å². The highest BCUT2D eigenvalue weighted by Gasteiger charge is 2.13. The lowest BCUT2D eigenvalue weighted by Gasteiger charge is -2.22. The van der Waals surface area contributed by atoms with Crippen LogP contribution in [0.1, 0.15) is 22.8 Å². The summed E-state index contributed by atoms with van der Waals surface area (Å²) in [6, 6.07) is 12.2. The molecular formula is C16H16FNO. The number of aryl methyl sites for hydroxylation is 1. The molecule has 0 bridgehead atoms. The number of hydrogen-bond donors (Lipinski definition) is 0. The van der Waals surface area contributed by atoms with Crippen LogP contribution in [0.3, 0.4) is 0 Å². The van der Waals surface area contributed by atoms with E-state index in [1.54, 1.807) is 6.07 Å². The van der Waals surface area contributed by atoms with Gasteiger partial charge in [0.15, 0.2) is 5.78 Å². The fourth-order valence-electron chi connectivity index (χ4n) is 1.99. The molecule has 0 heterocycles. The van der Waals surface area contributed by atoms with Crippen LogP contribution in [0.15, 0.2) is 42.5 Å². The van der Waals surface area contributed by atoms with Crippen LogP contribution in [0.5, 0.6) is 0 Å². The van der Waals surface area contributed by atoms with Gasteiger partial charge in [0.05, 0.1) is 5.69 Å². The van der Waals surface area contributed by atoms with Gasteiger partial charge >= 0.3 is 0 Å². The van der Waals surface area contributed by atoms with E-state index in [1.165, 1.54) is 24.6 Å². The summed E-state index contributed by atoms with van der Waals surface area (Å²) in [5.41, 5.74) is 3.23. The molecule has 0 aliphatic rings. The average molecular weight is 257 g/mol. The van der Waals surface area contributed by atoms with Gasteiger partial charge in [0.25, 0.3) is 0 Å². The topological polar surface area (TPSA) is 20.3 Å². The average Bonchev–Trinajstić information content (AvgIpc) is 2.38. The Bertz CT molecular complexity index is 605. The van der Waals surface area contributed by atoms with E-state index < -0.39 is 5.82 Å². The third-order valence-electron chi connectivity index (χ3n) is 3.12. The van der Waals surface area contributed by atoms with Gasteiger partial charge in [-0.1, -0.05) is 17.7 Å². The highest BCUT2D eigenvalue weighted by atomic mass is 19.1. The van der Waals surface area contributed by atoms with E-state index in [0.717, 1.165) is 5.69 Å². The van der Waals surface area contributed by atoms with Crippen LogP contribution in [0.25, 0.3) is 0 Å². The van der Waals surface area contributed by atoms with Crippen molar-refractivity contribution >= 4 is 17.2 Å². The molecule has 0 saturated carbocycles. The summed E-state index contributed by atoms with van der Waals surface area (Å²) in [5, 5.41) is 0. The number of rotatable bonds is 3. The summed E-state index contributed by atoms with van der Waals surface area (Å²) in [5.74, 6) is -0.542. The van der Waals surface area contributed by atoms with Gasteiger partial charge < -0.3 is 4.90 Å². The second-order valence-electron chi connectivity index (χ2n) is 4.61. The molecule has 0 amide bonds. The van der Waals surface area contributed by atoms with E-state index in [-0.39, 0.29) is 5.78 Å². The fraction of sp³-hybridized carbons (Fsp3) is 0.188. The third kappa shape index (κ3) is 2.81. The van der Waals surface area contributed by atoms with Crippen molar-refractivity contribution in [2.75, 3.05) is 11.9 Å². The van der Waals surface area contributed by atoms with E-state index >= 15 is 0 Å². The van der Waals surface area contributed by atoms with Crippen LogP contribution in [0, 0.1) is 12.7 Å². The van der Waals surface area contributed by atoms with E-state index in [0.29, 0.717) is 11.3 Å². The highest BCUT2D eigenvalue weighted by Crippen LogP contribution is 2.28. The fourth-order valence-corrected chi connectivity index (χ4v) is 1.99. The molecule has 2 nitrogen and oxygen atoms in total. The lowest BCUT2D eigenvalue weighted by Crippen LogP contribution is -2.13. The normalized spacial score (nSPS) is 10.3. The van der Waals surface area contributed by atoms with Crippen LogP contribution in [0.4, 0.5) is 15.8 Å². The first-order valence-electron chi connectivity index (χ1n) is 6.10. The molecule has 0 fully saturated rings. The lowest BCUT2D eigenvalue weighted by molar-refractivity contribution is 0.101. The number of carbonyl (C=O) groups excluding carboxylic acids is 1. The monoisotopic (exact) mass is 257 g/mol. The molecule has 2 rings (SSSR count). The quantitative estimate of drug-likeness (QED) is 0.771. The smallest absolute Gasteiger partial charge is 0.162 e. The zero-order valence-electron chi connectivity index (χ0n) is 11.3. The molecule has 19 heavy (non-hydrogen) atoms. The SMILES string of the molecule is CC(=O)c1cc(F)ccc1N(C)c1ccc(C)cc1. The van der Waals surface area contributed by atoms with Gasteiger partial charge in [-0.2, -0.15) is 0 Å². The first-order chi connectivity index (χ1) is 8.99.